The van der Waals surface area contributed by atoms with E-state index in [2.05, 4.69) is 295 Å². The predicted molar refractivity (Wildman–Crippen MR) is 383 cm³/mol. The van der Waals surface area contributed by atoms with Crippen molar-refractivity contribution < 1.29 is 36.0 Å². The van der Waals surface area contributed by atoms with Crippen LogP contribution >= 0.6 is 22.6 Å². The second-order valence-corrected chi connectivity index (χ2v) is 69.7. The Bertz CT molecular complexity index is 1940. The molecule has 12 atom stereocenters. The van der Waals surface area contributed by atoms with Crippen LogP contribution in [0.5, 0.6) is 0 Å². The van der Waals surface area contributed by atoms with Crippen LogP contribution in [0.2, 0.25) is 128 Å². The highest BCUT2D eigenvalue weighted by molar-refractivity contribution is 14.1. The summed E-state index contributed by atoms with van der Waals surface area (Å²) in [5, 5.41) is 0.562. The molecule has 0 unspecified atom stereocenters. The summed E-state index contributed by atoms with van der Waals surface area (Å²) in [7, 11) is -14.2. The molecule has 2 aliphatic heterocycles. The van der Waals surface area contributed by atoms with E-state index in [9.17, 15) is 0 Å². The van der Waals surface area contributed by atoms with Gasteiger partial charge in [-0.25, -0.2) is 0 Å². The maximum absolute atomic E-state index is 7.49. The molecule has 0 bridgehead atoms. The van der Waals surface area contributed by atoms with E-state index in [0.29, 0.717) is 0 Å². The fourth-order valence-corrected chi connectivity index (χ4v) is 17.8. The molecule has 2 fully saturated rings. The fraction of sp³-hybridized carbons (Fsp3) is 0.938. The first-order chi connectivity index (χ1) is 35.8. The van der Waals surface area contributed by atoms with Crippen molar-refractivity contribution in [2.75, 3.05) is 0 Å². The van der Waals surface area contributed by atoms with Crippen LogP contribution < -0.4 is 0 Å². The Hall–Kier alpha value is 1.41. The quantitative estimate of drug-likeness (QED) is 0.0740. The zero-order valence-electron chi connectivity index (χ0n) is 60.6. The van der Waals surface area contributed by atoms with Gasteiger partial charge in [-0.3, -0.25) is 0 Å². The normalized spacial score (nSPS) is 26.9. The Balaban J connectivity index is 0.000000812. The third-order valence-electron chi connectivity index (χ3n) is 21.0. The minimum atomic E-state index is -2.18. The van der Waals surface area contributed by atoms with E-state index in [1.807, 2.05) is 0 Å². The Labute approximate surface area is 526 Å². The van der Waals surface area contributed by atoms with Crippen molar-refractivity contribution in [3.8, 4) is 0 Å². The smallest absolute Gasteiger partial charge is 0.193 e. The van der Waals surface area contributed by atoms with Crippen molar-refractivity contribution in [1.82, 2.24) is 0 Å². The maximum Gasteiger partial charge on any atom is 0.193 e. The van der Waals surface area contributed by atoms with Gasteiger partial charge in [-0.2, -0.15) is 0 Å². The lowest BCUT2D eigenvalue weighted by molar-refractivity contribution is -0.207. The Morgan fingerprint density at radius 3 is 0.864 bits per heavy atom. The van der Waals surface area contributed by atoms with E-state index in [0.717, 1.165) is 38.5 Å². The molecule has 8 nitrogen and oxygen atoms in total. The molecular weight excluding hydrogens is 1230 g/mol. The number of hydrogen-bond acceptors (Lipinski definition) is 8. The van der Waals surface area contributed by atoms with Crippen LogP contribution in [0.3, 0.4) is 0 Å². The van der Waals surface area contributed by atoms with Gasteiger partial charge in [0.2, 0.25) is 0 Å². The molecule has 0 N–H and O–H groups in total. The predicted octanol–water partition coefficient (Wildman–Crippen LogP) is 21.9. The first-order valence-electron chi connectivity index (χ1n) is 32.1. The van der Waals surface area contributed by atoms with Crippen molar-refractivity contribution in [2.24, 2.45) is 11.8 Å². The van der Waals surface area contributed by atoms with Crippen LogP contribution in [0.4, 0.5) is 0 Å². The molecule has 16 heteroatoms. The summed E-state index contributed by atoms with van der Waals surface area (Å²) in [6, 6.07) is 0. The first-order valence-corrected chi connectivity index (χ1v) is 54.4. The van der Waals surface area contributed by atoms with Crippen LogP contribution in [0.1, 0.15) is 191 Å². The molecular formula is C65H139IO8Si7. The molecule has 0 aromatic rings. The summed E-state index contributed by atoms with van der Waals surface area (Å²) in [5.41, 5.74) is 2.46. The van der Waals surface area contributed by atoms with Crippen molar-refractivity contribution in [3.05, 3.63) is 21.9 Å². The van der Waals surface area contributed by atoms with Crippen molar-refractivity contribution in [1.29, 1.82) is 0 Å². The van der Waals surface area contributed by atoms with Gasteiger partial charge in [0, 0.05) is 11.8 Å². The van der Waals surface area contributed by atoms with Gasteiger partial charge < -0.3 is 36.0 Å². The molecule has 81 heavy (non-hydrogen) atoms. The lowest BCUT2D eigenvalue weighted by atomic mass is 9.84. The number of ether oxygens (including phenoxy) is 2. The van der Waals surface area contributed by atoms with Gasteiger partial charge in [0.15, 0.2) is 49.9 Å². The summed E-state index contributed by atoms with van der Waals surface area (Å²) in [5.74, 6) is 0.486. The van der Waals surface area contributed by atoms with Gasteiger partial charge in [0.05, 0.1) is 56.9 Å². The van der Waals surface area contributed by atoms with E-state index >= 15 is 0 Å². The van der Waals surface area contributed by atoms with E-state index < -0.39 is 58.0 Å². The highest BCUT2D eigenvalue weighted by atomic mass is 127. The molecule has 0 aliphatic carbocycles. The molecule has 2 rings (SSSR count). The second-order valence-electron chi connectivity index (χ2n) is 35.4. The largest absolute Gasteiger partial charge is 0.411 e. The molecule has 0 aromatic heterocycles. The van der Waals surface area contributed by atoms with Crippen LogP contribution in [-0.2, 0) is 36.0 Å². The van der Waals surface area contributed by atoms with Crippen molar-refractivity contribution in [3.63, 3.8) is 0 Å². The summed E-state index contributed by atoms with van der Waals surface area (Å²) < 4.78 is 60.7. The third kappa shape index (κ3) is 22.7. The van der Waals surface area contributed by atoms with Crippen molar-refractivity contribution >= 4 is 80.6 Å². The van der Waals surface area contributed by atoms with Gasteiger partial charge in [0.1, 0.15) is 12.2 Å². The zero-order valence-corrected chi connectivity index (χ0v) is 69.8. The standard InChI is InChI=1S/C34H74O4Si4.C31H65IO4Si3/c1-21-22-23-27-26(2)29(37-41(17,18)33(6,7)8)31(38-42(19,20)34(9,10)11)30(35-27)28(24-25-39(12,13)14)36-40(15,16)32(3,4)5;1-18-19-20-24-23(2)26(35-38(14,15)30(6,7)8)28(36-39(16,17)31(9,10)11)27(33-24)25(21-22-32)34-37(12,13)29(3,4)5/h24-31H,21-23H2,1-20H3;21-28H,18-20H2,1-17H3/b25-24+;22-21+/t26-,27-,28-,29-,30-,31-;23-,24-,25-,26-,27-,28-/m00/s1. The summed E-state index contributed by atoms with van der Waals surface area (Å²) >= 11 is 2.33. The molecule has 2 aliphatic rings. The van der Waals surface area contributed by atoms with Crippen LogP contribution in [-0.4, -0.2) is 119 Å². The Morgan fingerprint density at radius 1 is 0.395 bits per heavy atom. The van der Waals surface area contributed by atoms with Crippen LogP contribution in [0.25, 0.3) is 0 Å². The van der Waals surface area contributed by atoms with Crippen LogP contribution in [0.15, 0.2) is 21.9 Å². The molecule has 0 radical (unpaired) electrons. The molecule has 0 amide bonds. The monoisotopic (exact) mass is 1370 g/mol. The summed E-state index contributed by atoms with van der Waals surface area (Å²) in [6.07, 6.45) is 10.3. The Morgan fingerprint density at radius 2 is 0.642 bits per heavy atom. The number of hydrogen-bond donors (Lipinski definition) is 0. The third-order valence-corrected chi connectivity index (χ3v) is 49.4. The highest BCUT2D eigenvalue weighted by Crippen LogP contribution is 2.50. The highest BCUT2D eigenvalue weighted by Gasteiger charge is 2.57. The van der Waals surface area contributed by atoms with Crippen molar-refractivity contribution in [2.45, 2.75) is 380 Å². The summed E-state index contributed by atoms with van der Waals surface area (Å²) in [4.78, 5) is 0. The Kier molecular flexibility index (Phi) is 29.4. The molecule has 2 saturated heterocycles. The number of unbranched alkanes of at least 4 members (excludes halogenated alkanes) is 2. The van der Waals surface area contributed by atoms with E-state index in [4.69, 9.17) is 36.0 Å². The number of rotatable bonds is 23. The number of halogens is 1. The van der Waals surface area contributed by atoms with E-state index in [-0.39, 0.29) is 103 Å². The minimum absolute atomic E-state index is 0.0336. The van der Waals surface area contributed by atoms with Gasteiger partial charge in [0.25, 0.3) is 0 Å². The molecule has 0 aromatic carbocycles. The molecule has 0 saturated carbocycles. The van der Waals surface area contributed by atoms with Gasteiger partial charge in [-0.05, 0) is 132 Å². The first kappa shape index (κ1) is 80.4. The SMILES string of the molecule is CCCC[C@@H]1O[C@@H]([C@H](/C=C/I)O[Si](C)(C)C(C)(C)C)[C@@H](O[Si](C)(C)C(C)(C)C)[C@@H](O[Si](C)(C)C(C)(C)C)[C@H]1C.CCCC[C@@H]1O[C@@H]([C@H](/C=C/[Si](C)(C)C)O[Si](C)(C)C(C)(C)C)[C@@H](O[Si](C)(C)C(C)(C)C)[C@@H](O[Si](C)(C)C(C)(C)C)[C@H]1C. The fourth-order valence-electron chi connectivity index (χ4n) is 8.81. The lowest BCUT2D eigenvalue weighted by Gasteiger charge is -2.54. The van der Waals surface area contributed by atoms with E-state index in [1.54, 1.807) is 0 Å². The van der Waals surface area contributed by atoms with Gasteiger partial charge in [-0.1, -0.05) is 232 Å². The average Bonchev–Trinajstić information content (AvgIpc) is 3.24. The molecule has 0 spiro atoms. The molecule has 482 valence electrons. The van der Waals surface area contributed by atoms with Gasteiger partial charge >= 0.3 is 0 Å². The molecule has 2 heterocycles. The van der Waals surface area contributed by atoms with Crippen LogP contribution in [0, 0.1) is 11.8 Å². The summed E-state index contributed by atoms with van der Waals surface area (Å²) in [6.45, 7) is 86.8. The average molecular weight is 1370 g/mol. The zero-order chi connectivity index (χ0) is 64.2. The lowest BCUT2D eigenvalue weighted by Crippen LogP contribution is -2.65. The second kappa shape index (κ2) is 29.6. The maximum atomic E-state index is 7.49. The van der Waals surface area contributed by atoms with Gasteiger partial charge in [-0.15, -0.1) is 0 Å². The minimum Gasteiger partial charge on any atom is -0.411 e. The van der Waals surface area contributed by atoms with E-state index in [1.165, 1.54) is 0 Å². The topological polar surface area (TPSA) is 73.8 Å².